The van der Waals surface area contributed by atoms with Crippen LogP contribution in [-0.4, -0.2) is 17.5 Å². The van der Waals surface area contributed by atoms with Crippen molar-refractivity contribution in [3.05, 3.63) is 75.4 Å². The van der Waals surface area contributed by atoms with Crippen LogP contribution >= 0.6 is 35.1 Å². The summed E-state index contributed by atoms with van der Waals surface area (Å²) in [6, 6.07) is 8.78. The van der Waals surface area contributed by atoms with Gasteiger partial charge in [-0.05, 0) is 42.3 Å². The van der Waals surface area contributed by atoms with E-state index in [2.05, 4.69) is 26.9 Å². The third-order valence-electron chi connectivity index (χ3n) is 4.06. The van der Waals surface area contributed by atoms with Crippen molar-refractivity contribution in [2.24, 2.45) is 0 Å². The SMILES string of the molecule is O=C1COc2cc(C#Cc3c(F)ccc(NSc4cc(Cl)ccc4Cl)c3F)cnc2N1. The highest BCUT2D eigenvalue weighted by molar-refractivity contribution is 8.00. The van der Waals surface area contributed by atoms with Crippen molar-refractivity contribution < 1.29 is 18.3 Å². The summed E-state index contributed by atoms with van der Waals surface area (Å²) in [5, 5.41) is 3.46. The second-order valence-electron chi connectivity index (χ2n) is 6.22. The predicted molar refractivity (Wildman–Crippen MR) is 117 cm³/mol. The van der Waals surface area contributed by atoms with E-state index in [0.29, 0.717) is 26.3 Å². The Balaban J connectivity index is 1.57. The Morgan fingerprint density at radius 1 is 1.16 bits per heavy atom. The molecule has 2 heterocycles. The number of anilines is 2. The smallest absolute Gasteiger partial charge is 0.263 e. The van der Waals surface area contributed by atoms with E-state index < -0.39 is 17.2 Å². The van der Waals surface area contributed by atoms with Crippen LogP contribution in [0.15, 0.2) is 47.5 Å². The number of halogens is 4. The van der Waals surface area contributed by atoms with Gasteiger partial charge < -0.3 is 14.8 Å². The summed E-state index contributed by atoms with van der Waals surface area (Å²) in [6.45, 7) is -0.142. The second-order valence-corrected chi connectivity index (χ2v) is 7.91. The molecule has 2 N–H and O–H groups in total. The molecule has 31 heavy (non-hydrogen) atoms. The topological polar surface area (TPSA) is 63.2 Å². The lowest BCUT2D eigenvalue weighted by Gasteiger charge is -2.16. The standard InChI is InChI=1S/C21H11Cl2F2N3O2S/c22-12-2-4-14(23)18(8-12)31-28-16-6-5-15(24)13(20(16)25)3-1-11-7-17-21(26-9-11)27-19(29)10-30-17/h2,4-9,28H,10H2,(H,26,27,29). The first-order chi connectivity index (χ1) is 14.9. The van der Waals surface area contributed by atoms with Gasteiger partial charge in [0, 0.05) is 27.7 Å². The summed E-state index contributed by atoms with van der Waals surface area (Å²) >= 11 is 13.1. The largest absolute Gasteiger partial charge is 0.480 e. The van der Waals surface area contributed by atoms with Crippen LogP contribution < -0.4 is 14.8 Å². The molecule has 4 rings (SSSR count). The van der Waals surface area contributed by atoms with E-state index in [1.54, 1.807) is 18.2 Å². The highest BCUT2D eigenvalue weighted by atomic mass is 35.5. The number of fused-ring (bicyclic) bond motifs is 1. The van der Waals surface area contributed by atoms with Gasteiger partial charge in [-0.1, -0.05) is 35.0 Å². The van der Waals surface area contributed by atoms with Gasteiger partial charge in [-0.2, -0.15) is 0 Å². The van der Waals surface area contributed by atoms with Crippen molar-refractivity contribution in [2.45, 2.75) is 4.90 Å². The van der Waals surface area contributed by atoms with Gasteiger partial charge in [0.1, 0.15) is 5.82 Å². The van der Waals surface area contributed by atoms with E-state index in [0.717, 1.165) is 18.0 Å². The van der Waals surface area contributed by atoms with Crippen LogP contribution in [-0.2, 0) is 4.79 Å². The molecule has 0 aliphatic carbocycles. The Labute approximate surface area is 190 Å². The minimum Gasteiger partial charge on any atom is -0.480 e. The number of nitrogens with one attached hydrogen (secondary N) is 2. The molecule has 1 amide bonds. The molecule has 0 saturated carbocycles. The van der Waals surface area contributed by atoms with Crippen molar-refractivity contribution in [3.8, 4) is 17.6 Å². The van der Waals surface area contributed by atoms with Gasteiger partial charge in [0.25, 0.3) is 5.91 Å². The number of aromatic nitrogens is 1. The van der Waals surface area contributed by atoms with E-state index in [1.165, 1.54) is 18.3 Å². The van der Waals surface area contributed by atoms with Crippen LogP contribution in [0.2, 0.25) is 10.0 Å². The lowest BCUT2D eigenvalue weighted by molar-refractivity contribution is -0.118. The lowest BCUT2D eigenvalue weighted by Crippen LogP contribution is -2.26. The molecule has 3 aromatic rings. The van der Waals surface area contributed by atoms with Crippen LogP contribution in [0.5, 0.6) is 5.75 Å². The molecular formula is C21H11Cl2F2N3O2S. The zero-order valence-corrected chi connectivity index (χ0v) is 17.8. The Morgan fingerprint density at radius 2 is 2.00 bits per heavy atom. The van der Waals surface area contributed by atoms with Crippen molar-refractivity contribution in [1.29, 1.82) is 0 Å². The molecule has 10 heteroatoms. The third kappa shape index (κ3) is 4.85. The Kier molecular flexibility index (Phi) is 6.18. The molecule has 1 aromatic heterocycles. The minimum atomic E-state index is -0.854. The van der Waals surface area contributed by atoms with E-state index in [9.17, 15) is 13.6 Å². The monoisotopic (exact) mass is 477 g/mol. The summed E-state index contributed by atoms with van der Waals surface area (Å²) in [5.74, 6) is 3.77. The van der Waals surface area contributed by atoms with Crippen LogP contribution in [0, 0.1) is 23.5 Å². The number of hydrogen-bond acceptors (Lipinski definition) is 5. The fraction of sp³-hybridized carbons (Fsp3) is 0.0476. The first kappa shape index (κ1) is 21.2. The molecule has 156 valence electrons. The number of carbonyl (C=O) groups excluding carboxylic acids is 1. The fourth-order valence-electron chi connectivity index (χ4n) is 2.57. The molecule has 1 aliphatic heterocycles. The number of rotatable bonds is 3. The van der Waals surface area contributed by atoms with E-state index in [-0.39, 0.29) is 24.0 Å². The van der Waals surface area contributed by atoms with Crippen molar-refractivity contribution in [3.63, 3.8) is 0 Å². The van der Waals surface area contributed by atoms with Gasteiger partial charge in [0.05, 0.1) is 16.3 Å². The highest BCUT2D eigenvalue weighted by Crippen LogP contribution is 2.32. The van der Waals surface area contributed by atoms with Crippen molar-refractivity contribution in [2.75, 3.05) is 16.6 Å². The van der Waals surface area contributed by atoms with Gasteiger partial charge >= 0.3 is 0 Å². The lowest BCUT2D eigenvalue weighted by atomic mass is 10.1. The normalized spacial score (nSPS) is 12.2. The molecular weight excluding hydrogens is 467 g/mol. The fourth-order valence-corrected chi connectivity index (χ4v) is 3.77. The molecule has 0 unspecified atom stereocenters. The van der Waals surface area contributed by atoms with Crippen LogP contribution in [0.4, 0.5) is 20.3 Å². The van der Waals surface area contributed by atoms with E-state index in [1.807, 2.05) is 0 Å². The van der Waals surface area contributed by atoms with Gasteiger partial charge in [0.2, 0.25) is 0 Å². The maximum atomic E-state index is 14.9. The molecule has 0 saturated heterocycles. The third-order valence-corrected chi connectivity index (χ3v) is 5.61. The summed E-state index contributed by atoms with van der Waals surface area (Å²) < 4.78 is 37.2. The predicted octanol–water partition coefficient (Wildman–Crippen LogP) is 5.52. The van der Waals surface area contributed by atoms with E-state index >= 15 is 0 Å². The highest BCUT2D eigenvalue weighted by Gasteiger charge is 2.17. The van der Waals surface area contributed by atoms with Gasteiger partial charge in [-0.25, -0.2) is 13.8 Å². The molecule has 1 aliphatic rings. The number of nitrogens with zero attached hydrogens (tertiary/aromatic N) is 1. The number of amides is 1. The van der Waals surface area contributed by atoms with Crippen LogP contribution in [0.1, 0.15) is 11.1 Å². The Bertz CT molecular complexity index is 1260. The number of pyridine rings is 1. The average Bonchev–Trinajstić information content (AvgIpc) is 2.75. The molecule has 0 radical (unpaired) electrons. The van der Waals surface area contributed by atoms with Gasteiger partial charge in [-0.3, -0.25) is 4.79 Å². The molecule has 5 nitrogen and oxygen atoms in total. The van der Waals surface area contributed by atoms with E-state index in [4.69, 9.17) is 27.9 Å². The molecule has 0 atom stereocenters. The second kappa shape index (κ2) is 9.02. The Hall–Kier alpha value is -2.99. The van der Waals surface area contributed by atoms with Crippen LogP contribution in [0.25, 0.3) is 0 Å². The summed E-state index contributed by atoms with van der Waals surface area (Å²) in [7, 11) is 0. The number of hydrogen-bond donors (Lipinski definition) is 2. The maximum Gasteiger partial charge on any atom is 0.263 e. The van der Waals surface area contributed by atoms with Crippen LogP contribution in [0.3, 0.4) is 0 Å². The summed E-state index contributed by atoms with van der Waals surface area (Å²) in [4.78, 5) is 15.9. The molecule has 0 bridgehead atoms. The quantitative estimate of drug-likeness (QED) is 0.384. The molecule has 0 fully saturated rings. The number of ether oxygens (including phenoxy) is 1. The Morgan fingerprint density at radius 3 is 2.84 bits per heavy atom. The zero-order valence-electron chi connectivity index (χ0n) is 15.4. The average molecular weight is 478 g/mol. The number of benzene rings is 2. The summed E-state index contributed by atoms with van der Waals surface area (Å²) in [6.07, 6.45) is 1.37. The first-order valence-corrected chi connectivity index (χ1v) is 10.3. The number of carbonyl (C=O) groups is 1. The molecule has 0 spiro atoms. The van der Waals surface area contributed by atoms with Crippen molar-refractivity contribution >= 4 is 52.6 Å². The van der Waals surface area contributed by atoms with Gasteiger partial charge in [-0.15, -0.1) is 0 Å². The molecule has 2 aromatic carbocycles. The zero-order chi connectivity index (χ0) is 22.0. The maximum absolute atomic E-state index is 14.9. The minimum absolute atomic E-state index is 0.0290. The van der Waals surface area contributed by atoms with Gasteiger partial charge in [0.15, 0.2) is 24.0 Å². The summed E-state index contributed by atoms with van der Waals surface area (Å²) in [5.41, 5.74) is -0.0109. The van der Waals surface area contributed by atoms with Crippen molar-refractivity contribution in [1.82, 2.24) is 4.98 Å². The first-order valence-electron chi connectivity index (χ1n) is 8.71.